The van der Waals surface area contributed by atoms with Crippen molar-refractivity contribution in [1.82, 2.24) is 10.2 Å². The topological polar surface area (TPSA) is 32.3 Å². The van der Waals surface area contributed by atoms with Crippen LogP contribution in [-0.4, -0.2) is 29.6 Å². The van der Waals surface area contributed by atoms with Gasteiger partial charge in [-0.2, -0.15) is 0 Å². The lowest BCUT2D eigenvalue weighted by Gasteiger charge is -2.26. The lowest BCUT2D eigenvalue weighted by atomic mass is 10.0. The highest BCUT2D eigenvalue weighted by molar-refractivity contribution is 5.84. The van der Waals surface area contributed by atoms with Gasteiger partial charge in [-0.25, -0.2) is 0 Å². The van der Waals surface area contributed by atoms with Gasteiger partial charge in [-0.15, -0.1) is 0 Å². The number of nitrogens with zero attached hydrogens (tertiary/aromatic N) is 1. The van der Waals surface area contributed by atoms with E-state index in [1.165, 1.54) is 5.56 Å². The molecular weight excluding hydrogens is 236 g/mol. The second kappa shape index (κ2) is 6.71. The van der Waals surface area contributed by atoms with Gasteiger partial charge >= 0.3 is 0 Å². The molecule has 1 heterocycles. The monoisotopic (exact) mass is 260 g/mol. The minimum absolute atomic E-state index is 0.0479. The Balaban J connectivity index is 1.97. The third-order valence-electron chi connectivity index (χ3n) is 3.91. The summed E-state index contributed by atoms with van der Waals surface area (Å²) in [4.78, 5) is 14.5. The molecule has 0 spiro atoms. The quantitative estimate of drug-likeness (QED) is 0.852. The van der Waals surface area contributed by atoms with Gasteiger partial charge in [0.2, 0.25) is 5.91 Å². The van der Waals surface area contributed by atoms with E-state index in [0.717, 1.165) is 25.7 Å². The molecule has 2 atom stereocenters. The molecule has 0 aromatic heterocycles. The number of carbonyl (C=O) groups is 1. The van der Waals surface area contributed by atoms with E-state index in [0.29, 0.717) is 12.7 Å². The lowest BCUT2D eigenvalue weighted by Crippen LogP contribution is -2.38. The third kappa shape index (κ3) is 3.35. The largest absolute Gasteiger partial charge is 0.326 e. The molecule has 0 bridgehead atoms. The van der Waals surface area contributed by atoms with Crippen LogP contribution in [0, 0.1) is 0 Å². The van der Waals surface area contributed by atoms with Crippen molar-refractivity contribution in [2.75, 3.05) is 6.67 Å². The van der Waals surface area contributed by atoms with Gasteiger partial charge in [0.25, 0.3) is 0 Å². The van der Waals surface area contributed by atoms with Crippen molar-refractivity contribution < 1.29 is 4.79 Å². The van der Waals surface area contributed by atoms with E-state index in [1.54, 1.807) is 0 Å². The number of hydrogen-bond acceptors (Lipinski definition) is 2. The van der Waals surface area contributed by atoms with Crippen molar-refractivity contribution in [2.45, 2.75) is 51.6 Å². The first kappa shape index (κ1) is 14.1. The van der Waals surface area contributed by atoms with Gasteiger partial charge in [0.05, 0.1) is 12.7 Å². The lowest BCUT2D eigenvalue weighted by molar-refractivity contribution is -0.131. The van der Waals surface area contributed by atoms with Gasteiger partial charge in [-0.3, -0.25) is 10.1 Å². The van der Waals surface area contributed by atoms with E-state index in [1.807, 2.05) is 23.1 Å². The first-order chi connectivity index (χ1) is 9.26. The Morgan fingerprint density at radius 1 is 1.32 bits per heavy atom. The average Bonchev–Trinajstić information content (AvgIpc) is 2.79. The number of amides is 1. The molecule has 2 unspecified atom stereocenters. The van der Waals surface area contributed by atoms with Gasteiger partial charge in [0.15, 0.2) is 0 Å². The Hall–Kier alpha value is -1.35. The molecule has 1 fully saturated rings. The molecule has 1 amide bonds. The molecule has 2 rings (SSSR count). The van der Waals surface area contributed by atoms with Crippen molar-refractivity contribution in [3.63, 3.8) is 0 Å². The number of benzene rings is 1. The van der Waals surface area contributed by atoms with Crippen LogP contribution in [0.15, 0.2) is 30.3 Å². The Morgan fingerprint density at radius 3 is 2.68 bits per heavy atom. The number of hydrogen-bond donors (Lipinski definition) is 1. The zero-order chi connectivity index (χ0) is 13.7. The summed E-state index contributed by atoms with van der Waals surface area (Å²) in [6.07, 6.45) is 4.06. The zero-order valence-electron chi connectivity index (χ0n) is 11.9. The van der Waals surface area contributed by atoms with Crippen LogP contribution in [0.2, 0.25) is 0 Å². The fourth-order valence-corrected chi connectivity index (χ4v) is 2.81. The maximum Gasteiger partial charge on any atom is 0.241 e. The van der Waals surface area contributed by atoms with Crippen LogP contribution in [0.1, 0.15) is 38.7 Å². The van der Waals surface area contributed by atoms with Crippen molar-refractivity contribution in [3.8, 4) is 0 Å². The average molecular weight is 260 g/mol. The molecule has 0 radical (unpaired) electrons. The molecule has 3 heteroatoms. The SMILES string of the molecule is CCCC(CC)N1CNC(Cc2ccccc2)C1=O. The minimum atomic E-state index is -0.0479. The maximum absolute atomic E-state index is 12.4. The summed E-state index contributed by atoms with van der Waals surface area (Å²) in [5.74, 6) is 0.268. The molecule has 0 aliphatic carbocycles. The summed E-state index contributed by atoms with van der Waals surface area (Å²) < 4.78 is 0. The number of rotatable bonds is 6. The van der Waals surface area contributed by atoms with E-state index < -0.39 is 0 Å². The molecule has 3 nitrogen and oxygen atoms in total. The van der Waals surface area contributed by atoms with E-state index in [-0.39, 0.29) is 11.9 Å². The molecule has 1 saturated heterocycles. The summed E-state index contributed by atoms with van der Waals surface area (Å²) in [5.41, 5.74) is 1.22. The number of nitrogens with one attached hydrogen (secondary N) is 1. The Kier molecular flexibility index (Phi) is 4.97. The number of carbonyl (C=O) groups excluding carboxylic acids is 1. The molecular formula is C16H24N2O. The van der Waals surface area contributed by atoms with Crippen molar-refractivity contribution in [2.24, 2.45) is 0 Å². The van der Waals surface area contributed by atoms with E-state index >= 15 is 0 Å². The highest BCUT2D eigenvalue weighted by Crippen LogP contribution is 2.17. The molecule has 19 heavy (non-hydrogen) atoms. The minimum Gasteiger partial charge on any atom is -0.326 e. The standard InChI is InChI=1S/C16H24N2O/c1-3-8-14(4-2)18-12-17-15(16(18)19)11-13-9-6-5-7-10-13/h5-7,9-10,14-15,17H,3-4,8,11-12H2,1-2H3. The van der Waals surface area contributed by atoms with Crippen LogP contribution in [0.5, 0.6) is 0 Å². The van der Waals surface area contributed by atoms with Crippen molar-refractivity contribution >= 4 is 5.91 Å². The summed E-state index contributed by atoms with van der Waals surface area (Å²) in [6.45, 7) is 5.05. The molecule has 1 aliphatic rings. The van der Waals surface area contributed by atoms with E-state index in [9.17, 15) is 4.79 Å². The third-order valence-corrected chi connectivity index (χ3v) is 3.91. The van der Waals surface area contributed by atoms with Gasteiger partial charge in [0.1, 0.15) is 0 Å². The highest BCUT2D eigenvalue weighted by atomic mass is 16.2. The molecule has 1 N–H and O–H groups in total. The highest BCUT2D eigenvalue weighted by Gasteiger charge is 2.34. The van der Waals surface area contributed by atoms with E-state index in [2.05, 4.69) is 31.3 Å². The zero-order valence-corrected chi connectivity index (χ0v) is 11.9. The summed E-state index contributed by atoms with van der Waals surface area (Å²) in [5, 5.41) is 3.35. The second-order valence-corrected chi connectivity index (χ2v) is 5.26. The Morgan fingerprint density at radius 2 is 2.05 bits per heavy atom. The van der Waals surface area contributed by atoms with Crippen LogP contribution in [0.3, 0.4) is 0 Å². The van der Waals surface area contributed by atoms with Crippen molar-refractivity contribution in [3.05, 3.63) is 35.9 Å². The molecule has 1 aliphatic heterocycles. The maximum atomic E-state index is 12.4. The first-order valence-electron chi connectivity index (χ1n) is 7.34. The second-order valence-electron chi connectivity index (χ2n) is 5.26. The molecule has 0 saturated carbocycles. The fourth-order valence-electron chi connectivity index (χ4n) is 2.81. The van der Waals surface area contributed by atoms with Crippen LogP contribution in [0.4, 0.5) is 0 Å². The van der Waals surface area contributed by atoms with Gasteiger partial charge in [0, 0.05) is 6.04 Å². The summed E-state index contributed by atoms with van der Waals surface area (Å²) >= 11 is 0. The predicted molar refractivity (Wildman–Crippen MR) is 77.8 cm³/mol. The first-order valence-corrected chi connectivity index (χ1v) is 7.34. The molecule has 104 valence electrons. The van der Waals surface area contributed by atoms with Crippen LogP contribution in [-0.2, 0) is 11.2 Å². The Labute approximate surface area is 116 Å². The predicted octanol–water partition coefficient (Wildman–Crippen LogP) is 2.57. The van der Waals surface area contributed by atoms with Crippen LogP contribution < -0.4 is 5.32 Å². The molecule has 1 aromatic rings. The van der Waals surface area contributed by atoms with Gasteiger partial charge < -0.3 is 4.90 Å². The fraction of sp³-hybridized carbons (Fsp3) is 0.562. The normalized spacial score (nSPS) is 20.8. The summed E-state index contributed by atoms with van der Waals surface area (Å²) in [6, 6.07) is 10.6. The van der Waals surface area contributed by atoms with Crippen LogP contribution >= 0.6 is 0 Å². The summed E-state index contributed by atoms with van der Waals surface area (Å²) in [7, 11) is 0. The van der Waals surface area contributed by atoms with E-state index in [4.69, 9.17) is 0 Å². The Bertz CT molecular complexity index is 404. The van der Waals surface area contributed by atoms with Gasteiger partial charge in [-0.05, 0) is 24.8 Å². The van der Waals surface area contributed by atoms with Crippen molar-refractivity contribution in [1.29, 1.82) is 0 Å². The van der Waals surface area contributed by atoms with Gasteiger partial charge in [-0.1, -0.05) is 50.6 Å². The smallest absolute Gasteiger partial charge is 0.241 e. The van der Waals surface area contributed by atoms with Crippen LogP contribution in [0.25, 0.3) is 0 Å². The molecule has 1 aromatic carbocycles.